The molecule has 0 radical (unpaired) electrons. The number of hydrogen-bond donors (Lipinski definition) is 1. The van der Waals surface area contributed by atoms with Crippen LogP contribution in [-0.2, 0) is 17.8 Å². The van der Waals surface area contributed by atoms with E-state index in [1.54, 1.807) is 11.3 Å². The van der Waals surface area contributed by atoms with E-state index in [2.05, 4.69) is 15.2 Å². The molecule has 0 saturated heterocycles. The summed E-state index contributed by atoms with van der Waals surface area (Å²) >= 11 is 1.58. The first-order valence-corrected chi connectivity index (χ1v) is 8.05. The van der Waals surface area contributed by atoms with E-state index in [0.29, 0.717) is 6.61 Å². The Morgan fingerprint density at radius 3 is 2.68 bits per heavy atom. The van der Waals surface area contributed by atoms with Crippen molar-refractivity contribution >= 4 is 22.9 Å². The molecule has 0 bridgehead atoms. The third-order valence-corrected chi connectivity index (χ3v) is 3.72. The number of nitrogens with zero attached hydrogens (tertiary/aromatic N) is 2. The SMILES string of the molecule is CCOc1ccc(NC(=O)Cc2csc(CN(C)C)n2)cc1. The summed E-state index contributed by atoms with van der Waals surface area (Å²) < 4.78 is 5.37. The number of anilines is 1. The normalized spacial score (nSPS) is 10.7. The van der Waals surface area contributed by atoms with E-state index in [-0.39, 0.29) is 12.3 Å². The fraction of sp³-hybridized carbons (Fsp3) is 0.375. The number of rotatable bonds is 7. The van der Waals surface area contributed by atoms with Gasteiger partial charge in [-0.25, -0.2) is 4.98 Å². The monoisotopic (exact) mass is 319 g/mol. The summed E-state index contributed by atoms with van der Waals surface area (Å²) in [5.41, 5.74) is 1.57. The van der Waals surface area contributed by atoms with Gasteiger partial charge in [0.15, 0.2) is 0 Å². The van der Waals surface area contributed by atoms with E-state index >= 15 is 0 Å². The minimum absolute atomic E-state index is 0.0640. The first-order valence-electron chi connectivity index (χ1n) is 7.17. The highest BCUT2D eigenvalue weighted by Crippen LogP contribution is 2.16. The van der Waals surface area contributed by atoms with Gasteiger partial charge in [-0.05, 0) is 45.3 Å². The molecule has 0 fully saturated rings. The minimum Gasteiger partial charge on any atom is -0.494 e. The maximum Gasteiger partial charge on any atom is 0.230 e. The van der Waals surface area contributed by atoms with Gasteiger partial charge in [-0.15, -0.1) is 11.3 Å². The lowest BCUT2D eigenvalue weighted by atomic mass is 10.2. The van der Waals surface area contributed by atoms with E-state index in [4.69, 9.17) is 4.74 Å². The molecular formula is C16H21N3O2S. The lowest BCUT2D eigenvalue weighted by Crippen LogP contribution is -2.15. The molecule has 1 aromatic heterocycles. The van der Waals surface area contributed by atoms with Gasteiger partial charge in [0.05, 0.1) is 18.7 Å². The zero-order chi connectivity index (χ0) is 15.9. The second-order valence-corrected chi connectivity index (χ2v) is 6.10. The molecule has 1 heterocycles. The molecule has 2 aromatic rings. The lowest BCUT2D eigenvalue weighted by molar-refractivity contribution is -0.115. The second kappa shape index (κ2) is 7.91. The fourth-order valence-corrected chi connectivity index (χ4v) is 2.85. The topological polar surface area (TPSA) is 54.5 Å². The Labute approximate surface area is 134 Å². The highest BCUT2D eigenvalue weighted by Gasteiger charge is 2.09. The van der Waals surface area contributed by atoms with Crippen molar-refractivity contribution in [3.05, 3.63) is 40.3 Å². The molecular weight excluding hydrogens is 298 g/mol. The van der Waals surface area contributed by atoms with Gasteiger partial charge in [-0.1, -0.05) is 0 Å². The van der Waals surface area contributed by atoms with Crippen molar-refractivity contribution in [3.8, 4) is 5.75 Å². The summed E-state index contributed by atoms with van der Waals surface area (Å²) in [5.74, 6) is 0.735. The Hall–Kier alpha value is -1.92. The molecule has 0 atom stereocenters. The molecule has 0 aliphatic heterocycles. The number of nitrogens with one attached hydrogen (secondary N) is 1. The van der Waals surface area contributed by atoms with Crippen molar-refractivity contribution in [1.82, 2.24) is 9.88 Å². The molecule has 118 valence electrons. The van der Waals surface area contributed by atoms with E-state index in [1.807, 2.05) is 50.7 Å². The molecule has 0 saturated carbocycles. The number of thiazole rings is 1. The van der Waals surface area contributed by atoms with Crippen molar-refractivity contribution in [2.75, 3.05) is 26.0 Å². The molecule has 0 aliphatic rings. The predicted octanol–water partition coefficient (Wildman–Crippen LogP) is 2.78. The Morgan fingerprint density at radius 1 is 1.32 bits per heavy atom. The number of ether oxygens (including phenoxy) is 1. The number of amides is 1. The second-order valence-electron chi connectivity index (χ2n) is 5.15. The van der Waals surface area contributed by atoms with Crippen LogP contribution < -0.4 is 10.1 Å². The Kier molecular flexibility index (Phi) is 5.91. The highest BCUT2D eigenvalue weighted by molar-refractivity contribution is 7.09. The van der Waals surface area contributed by atoms with Gasteiger partial charge in [-0.2, -0.15) is 0 Å². The summed E-state index contributed by atoms with van der Waals surface area (Å²) in [7, 11) is 4.00. The van der Waals surface area contributed by atoms with Crippen molar-refractivity contribution in [1.29, 1.82) is 0 Å². The smallest absolute Gasteiger partial charge is 0.230 e. The summed E-state index contributed by atoms with van der Waals surface area (Å²) in [6.45, 7) is 3.37. The average Bonchev–Trinajstić information content (AvgIpc) is 2.87. The highest BCUT2D eigenvalue weighted by atomic mass is 32.1. The van der Waals surface area contributed by atoms with Gasteiger partial charge in [0.2, 0.25) is 5.91 Å². The average molecular weight is 319 g/mol. The lowest BCUT2D eigenvalue weighted by Gasteiger charge is -2.06. The van der Waals surface area contributed by atoms with Crippen LogP contribution in [0.3, 0.4) is 0 Å². The summed E-state index contributed by atoms with van der Waals surface area (Å²) in [4.78, 5) is 18.6. The van der Waals surface area contributed by atoms with Crippen LogP contribution in [-0.4, -0.2) is 36.5 Å². The molecule has 2 rings (SSSR count). The molecule has 5 nitrogen and oxygen atoms in total. The minimum atomic E-state index is -0.0640. The molecule has 1 amide bonds. The van der Waals surface area contributed by atoms with E-state index in [1.165, 1.54) is 0 Å². The van der Waals surface area contributed by atoms with Crippen molar-refractivity contribution in [2.24, 2.45) is 0 Å². The van der Waals surface area contributed by atoms with Crippen LogP contribution in [0.5, 0.6) is 5.75 Å². The van der Waals surface area contributed by atoms with Crippen molar-refractivity contribution < 1.29 is 9.53 Å². The summed E-state index contributed by atoms with van der Waals surface area (Å²) in [5, 5.41) is 5.83. The van der Waals surface area contributed by atoms with Crippen molar-refractivity contribution in [3.63, 3.8) is 0 Å². The van der Waals surface area contributed by atoms with E-state index in [0.717, 1.165) is 28.7 Å². The van der Waals surface area contributed by atoms with Crippen LogP contribution in [0.15, 0.2) is 29.6 Å². The molecule has 1 aromatic carbocycles. The number of aromatic nitrogens is 1. The first-order chi connectivity index (χ1) is 10.6. The zero-order valence-corrected chi connectivity index (χ0v) is 13.9. The molecule has 22 heavy (non-hydrogen) atoms. The van der Waals surface area contributed by atoms with Crippen LogP contribution in [0.4, 0.5) is 5.69 Å². The maximum atomic E-state index is 12.0. The number of carbonyl (C=O) groups excluding carboxylic acids is 1. The van der Waals surface area contributed by atoms with Crippen LogP contribution in [0, 0.1) is 0 Å². The molecule has 0 spiro atoms. The summed E-state index contributed by atoms with van der Waals surface area (Å²) in [6, 6.07) is 7.36. The quantitative estimate of drug-likeness (QED) is 0.852. The Bertz CT molecular complexity index is 608. The Morgan fingerprint density at radius 2 is 2.05 bits per heavy atom. The molecule has 6 heteroatoms. The number of hydrogen-bond acceptors (Lipinski definition) is 5. The van der Waals surface area contributed by atoms with Gasteiger partial charge in [-0.3, -0.25) is 4.79 Å². The van der Waals surface area contributed by atoms with Crippen LogP contribution in [0.1, 0.15) is 17.6 Å². The zero-order valence-electron chi connectivity index (χ0n) is 13.1. The first kappa shape index (κ1) is 16.5. The maximum absolute atomic E-state index is 12.0. The number of benzene rings is 1. The largest absolute Gasteiger partial charge is 0.494 e. The van der Waals surface area contributed by atoms with Gasteiger partial charge in [0, 0.05) is 17.6 Å². The standard InChI is InChI=1S/C16H21N3O2S/c1-4-21-14-7-5-12(6-8-14)17-15(20)9-13-11-22-16(18-13)10-19(2)3/h5-8,11H,4,9-10H2,1-3H3,(H,17,20). The molecule has 0 aliphatic carbocycles. The van der Waals surface area contributed by atoms with Gasteiger partial charge >= 0.3 is 0 Å². The van der Waals surface area contributed by atoms with E-state index in [9.17, 15) is 4.79 Å². The van der Waals surface area contributed by atoms with Crippen LogP contribution in [0.2, 0.25) is 0 Å². The van der Waals surface area contributed by atoms with Gasteiger partial charge < -0.3 is 15.0 Å². The number of carbonyl (C=O) groups is 1. The molecule has 1 N–H and O–H groups in total. The van der Waals surface area contributed by atoms with Gasteiger partial charge in [0.1, 0.15) is 10.8 Å². The fourth-order valence-electron chi connectivity index (χ4n) is 1.94. The van der Waals surface area contributed by atoms with Crippen LogP contribution in [0.25, 0.3) is 0 Å². The third-order valence-electron chi connectivity index (χ3n) is 2.84. The van der Waals surface area contributed by atoms with E-state index < -0.39 is 0 Å². The van der Waals surface area contributed by atoms with Crippen LogP contribution >= 0.6 is 11.3 Å². The summed E-state index contributed by atoms with van der Waals surface area (Å²) in [6.07, 6.45) is 0.289. The van der Waals surface area contributed by atoms with Gasteiger partial charge in [0.25, 0.3) is 0 Å². The Balaban J connectivity index is 1.88. The van der Waals surface area contributed by atoms with Crippen molar-refractivity contribution in [2.45, 2.75) is 19.9 Å². The third kappa shape index (κ3) is 5.13. The predicted molar refractivity (Wildman–Crippen MR) is 89.4 cm³/mol. The molecule has 0 unspecified atom stereocenters.